The Hall–Kier alpha value is -1.02. The van der Waals surface area contributed by atoms with E-state index in [1.807, 2.05) is 0 Å². The van der Waals surface area contributed by atoms with Crippen molar-refractivity contribution in [3.05, 3.63) is 29.8 Å². The molecule has 0 radical (unpaired) electrons. The van der Waals surface area contributed by atoms with Gasteiger partial charge in [-0.15, -0.1) is 0 Å². The van der Waals surface area contributed by atoms with Crippen LogP contribution in [0, 0.1) is 17.8 Å². The Morgan fingerprint density at radius 1 is 1.10 bits per heavy atom. The molecule has 2 heteroatoms. The molecule has 2 aliphatic carbocycles. The lowest BCUT2D eigenvalue weighted by Gasteiger charge is -2.31. The number of hydrogen-bond acceptors (Lipinski definition) is 2. The maximum absolute atomic E-state index is 5.27. The molecule has 3 atom stereocenters. The molecule has 0 saturated heterocycles. The molecule has 2 fully saturated rings. The van der Waals surface area contributed by atoms with E-state index in [1.54, 1.807) is 7.11 Å². The molecule has 0 aliphatic heterocycles. The fourth-order valence-corrected chi connectivity index (χ4v) is 3.77. The van der Waals surface area contributed by atoms with Crippen LogP contribution in [-0.4, -0.2) is 13.7 Å². The second-order valence-electron chi connectivity index (χ2n) is 7.02. The van der Waals surface area contributed by atoms with Crippen LogP contribution >= 0.6 is 0 Å². The second kappa shape index (κ2) is 6.83. The van der Waals surface area contributed by atoms with Crippen LogP contribution in [0.5, 0.6) is 5.75 Å². The Morgan fingerprint density at radius 2 is 1.81 bits per heavy atom. The molecule has 0 spiro atoms. The maximum atomic E-state index is 5.27. The molecule has 2 saturated carbocycles. The molecule has 116 valence electrons. The molecule has 0 amide bonds. The summed E-state index contributed by atoms with van der Waals surface area (Å²) in [5, 5.41) is 3.89. The van der Waals surface area contributed by atoms with Crippen molar-refractivity contribution < 1.29 is 4.74 Å². The summed E-state index contributed by atoms with van der Waals surface area (Å²) in [6.07, 6.45) is 8.44. The highest BCUT2D eigenvalue weighted by Crippen LogP contribution is 2.41. The summed E-state index contributed by atoms with van der Waals surface area (Å²) in [6, 6.07) is 9.20. The van der Waals surface area contributed by atoms with Crippen molar-refractivity contribution in [1.82, 2.24) is 5.32 Å². The largest absolute Gasteiger partial charge is 0.497 e. The average Bonchev–Trinajstić information content (AvgIpc) is 3.35. The maximum Gasteiger partial charge on any atom is 0.118 e. The molecule has 3 rings (SSSR count). The van der Waals surface area contributed by atoms with Gasteiger partial charge in [0.1, 0.15) is 5.75 Å². The van der Waals surface area contributed by atoms with E-state index in [1.165, 1.54) is 50.6 Å². The minimum absolute atomic E-state index is 0.546. The van der Waals surface area contributed by atoms with Gasteiger partial charge in [-0.2, -0.15) is 0 Å². The van der Waals surface area contributed by atoms with Crippen LogP contribution in [0.25, 0.3) is 0 Å². The van der Waals surface area contributed by atoms with Crippen LogP contribution in [0.2, 0.25) is 0 Å². The van der Waals surface area contributed by atoms with E-state index in [2.05, 4.69) is 36.5 Å². The normalized spacial score (nSPS) is 27.3. The van der Waals surface area contributed by atoms with E-state index < -0.39 is 0 Å². The first-order valence-corrected chi connectivity index (χ1v) is 8.65. The second-order valence-corrected chi connectivity index (χ2v) is 7.02. The third-order valence-electron chi connectivity index (χ3n) is 5.46. The van der Waals surface area contributed by atoms with Crippen molar-refractivity contribution in [2.24, 2.45) is 17.8 Å². The summed E-state index contributed by atoms with van der Waals surface area (Å²) in [4.78, 5) is 0. The van der Waals surface area contributed by atoms with Crippen LogP contribution in [0.1, 0.15) is 57.1 Å². The Balaban J connectivity index is 1.61. The van der Waals surface area contributed by atoms with Crippen LogP contribution in [-0.2, 0) is 0 Å². The summed E-state index contributed by atoms with van der Waals surface area (Å²) in [7, 11) is 1.73. The van der Waals surface area contributed by atoms with Gasteiger partial charge in [-0.3, -0.25) is 0 Å². The molecular formula is C19H29NO. The topological polar surface area (TPSA) is 21.3 Å². The van der Waals surface area contributed by atoms with Gasteiger partial charge in [-0.05, 0) is 61.3 Å². The number of nitrogens with one attached hydrogen (secondary N) is 1. The van der Waals surface area contributed by atoms with E-state index in [0.717, 1.165) is 23.5 Å². The van der Waals surface area contributed by atoms with Crippen molar-refractivity contribution in [2.75, 3.05) is 13.7 Å². The van der Waals surface area contributed by atoms with Crippen LogP contribution < -0.4 is 10.1 Å². The molecule has 2 nitrogen and oxygen atoms in total. The van der Waals surface area contributed by atoms with Gasteiger partial charge in [0, 0.05) is 6.04 Å². The zero-order valence-electron chi connectivity index (χ0n) is 13.5. The van der Waals surface area contributed by atoms with Crippen molar-refractivity contribution in [3.8, 4) is 5.75 Å². The average molecular weight is 287 g/mol. The minimum Gasteiger partial charge on any atom is -0.497 e. The van der Waals surface area contributed by atoms with Gasteiger partial charge in [-0.1, -0.05) is 38.3 Å². The third kappa shape index (κ3) is 3.79. The number of rotatable bonds is 6. The van der Waals surface area contributed by atoms with E-state index in [0.29, 0.717) is 6.04 Å². The molecular weight excluding hydrogens is 258 g/mol. The van der Waals surface area contributed by atoms with E-state index in [-0.39, 0.29) is 0 Å². The predicted molar refractivity (Wildman–Crippen MR) is 87.6 cm³/mol. The molecule has 21 heavy (non-hydrogen) atoms. The van der Waals surface area contributed by atoms with Crippen molar-refractivity contribution in [3.63, 3.8) is 0 Å². The Labute approximate surface area is 129 Å². The number of benzene rings is 1. The van der Waals surface area contributed by atoms with Crippen molar-refractivity contribution in [1.29, 1.82) is 0 Å². The van der Waals surface area contributed by atoms with Crippen molar-refractivity contribution in [2.45, 2.75) is 51.5 Å². The third-order valence-corrected chi connectivity index (χ3v) is 5.46. The summed E-state index contributed by atoms with van der Waals surface area (Å²) in [5.41, 5.74) is 1.43. The lowest BCUT2D eigenvalue weighted by atomic mass is 9.80. The van der Waals surface area contributed by atoms with Gasteiger partial charge in [0.05, 0.1) is 7.11 Å². The lowest BCUT2D eigenvalue weighted by Crippen LogP contribution is -2.32. The summed E-state index contributed by atoms with van der Waals surface area (Å²) in [5.74, 6) is 3.56. The molecule has 1 aromatic carbocycles. The van der Waals surface area contributed by atoms with Crippen LogP contribution in [0.15, 0.2) is 24.3 Å². The summed E-state index contributed by atoms with van der Waals surface area (Å²) >= 11 is 0. The van der Waals surface area contributed by atoms with Gasteiger partial charge in [-0.25, -0.2) is 0 Å². The first kappa shape index (κ1) is 14.9. The summed E-state index contributed by atoms with van der Waals surface area (Å²) < 4.78 is 5.27. The first-order valence-electron chi connectivity index (χ1n) is 8.65. The molecule has 1 aromatic rings. The quantitative estimate of drug-likeness (QED) is 0.828. The molecule has 3 unspecified atom stereocenters. The number of hydrogen-bond donors (Lipinski definition) is 1. The Bertz CT molecular complexity index is 437. The number of ether oxygens (including phenoxy) is 1. The van der Waals surface area contributed by atoms with Gasteiger partial charge < -0.3 is 10.1 Å². The summed E-state index contributed by atoms with van der Waals surface area (Å²) in [6.45, 7) is 3.62. The van der Waals surface area contributed by atoms with Gasteiger partial charge in [0.2, 0.25) is 0 Å². The van der Waals surface area contributed by atoms with Crippen LogP contribution in [0.4, 0.5) is 0 Å². The smallest absolute Gasteiger partial charge is 0.118 e. The minimum atomic E-state index is 0.546. The van der Waals surface area contributed by atoms with E-state index in [9.17, 15) is 0 Å². The molecule has 0 aromatic heterocycles. The highest BCUT2D eigenvalue weighted by molar-refractivity contribution is 5.30. The zero-order chi connectivity index (χ0) is 14.7. The zero-order valence-corrected chi connectivity index (χ0v) is 13.5. The first-order chi connectivity index (χ1) is 10.3. The number of methoxy groups -OCH3 is 1. The predicted octanol–water partition coefficient (Wildman–Crippen LogP) is 4.56. The lowest BCUT2D eigenvalue weighted by molar-refractivity contribution is 0.237. The van der Waals surface area contributed by atoms with Crippen molar-refractivity contribution >= 4 is 0 Å². The van der Waals surface area contributed by atoms with Gasteiger partial charge in [0.25, 0.3) is 0 Å². The molecule has 2 aliphatic rings. The molecule has 1 N–H and O–H groups in total. The van der Waals surface area contributed by atoms with Gasteiger partial charge >= 0.3 is 0 Å². The standard InChI is InChI=1S/C19H29NO/c1-14-5-3-4-6-17(14)13-20-19(15-7-8-15)16-9-11-18(21-2)12-10-16/h9-12,14-15,17,19-20H,3-8,13H2,1-2H3. The highest BCUT2D eigenvalue weighted by Gasteiger charge is 2.33. The molecule has 0 bridgehead atoms. The van der Waals surface area contributed by atoms with Crippen LogP contribution in [0.3, 0.4) is 0 Å². The molecule has 0 heterocycles. The van der Waals surface area contributed by atoms with Gasteiger partial charge in [0.15, 0.2) is 0 Å². The Morgan fingerprint density at radius 3 is 2.43 bits per heavy atom. The SMILES string of the molecule is COc1ccc(C(NCC2CCCCC2C)C2CC2)cc1. The Kier molecular flexibility index (Phi) is 4.84. The monoisotopic (exact) mass is 287 g/mol. The fraction of sp³-hybridized carbons (Fsp3) is 0.684. The fourth-order valence-electron chi connectivity index (χ4n) is 3.77. The van der Waals surface area contributed by atoms with E-state index >= 15 is 0 Å². The highest BCUT2D eigenvalue weighted by atomic mass is 16.5. The van der Waals surface area contributed by atoms with E-state index in [4.69, 9.17) is 4.74 Å².